The Labute approximate surface area is 151 Å². The van der Waals surface area contributed by atoms with Crippen molar-refractivity contribution in [2.45, 2.75) is 13.8 Å². The molecule has 0 unspecified atom stereocenters. The fourth-order valence-electron chi connectivity index (χ4n) is 2.12. The molecule has 0 spiro atoms. The largest absolute Gasteiger partial charge is 0.493 e. The first-order chi connectivity index (χ1) is 12.5. The summed E-state index contributed by atoms with van der Waals surface area (Å²) in [6.07, 6.45) is 2.92. The minimum Gasteiger partial charge on any atom is -0.493 e. The van der Waals surface area contributed by atoms with Crippen LogP contribution in [0.1, 0.15) is 28.6 Å². The summed E-state index contributed by atoms with van der Waals surface area (Å²) >= 11 is 0. The number of amides is 2. The second-order valence-electron chi connectivity index (χ2n) is 5.24. The van der Waals surface area contributed by atoms with Crippen LogP contribution in [0.3, 0.4) is 0 Å². The summed E-state index contributed by atoms with van der Waals surface area (Å²) in [4.78, 5) is 23.4. The molecule has 2 aromatic rings. The Bertz CT molecular complexity index is 798. The van der Waals surface area contributed by atoms with Gasteiger partial charge in [0.05, 0.1) is 25.2 Å². The zero-order valence-corrected chi connectivity index (χ0v) is 14.9. The zero-order chi connectivity index (χ0) is 18.9. The van der Waals surface area contributed by atoms with E-state index in [1.54, 1.807) is 31.2 Å². The van der Waals surface area contributed by atoms with Crippen molar-refractivity contribution in [1.29, 1.82) is 0 Å². The van der Waals surface area contributed by atoms with E-state index in [0.717, 1.165) is 0 Å². The summed E-state index contributed by atoms with van der Waals surface area (Å²) < 4.78 is 15.8. The van der Waals surface area contributed by atoms with Crippen LogP contribution in [0.2, 0.25) is 0 Å². The third-order valence-electron chi connectivity index (χ3n) is 3.40. The highest BCUT2D eigenvalue weighted by Crippen LogP contribution is 2.27. The van der Waals surface area contributed by atoms with Crippen LogP contribution in [0.5, 0.6) is 11.5 Å². The lowest BCUT2D eigenvalue weighted by Crippen LogP contribution is -2.28. The number of furan rings is 1. The van der Waals surface area contributed by atoms with E-state index >= 15 is 0 Å². The minimum atomic E-state index is -0.360. The van der Waals surface area contributed by atoms with Gasteiger partial charge in [0, 0.05) is 6.54 Å². The number of carbonyl (C=O) groups excluding carboxylic acids is 2. The van der Waals surface area contributed by atoms with Gasteiger partial charge in [-0.1, -0.05) is 0 Å². The van der Waals surface area contributed by atoms with Crippen molar-refractivity contribution in [3.05, 3.63) is 47.4 Å². The topological polar surface area (TPSA) is 102 Å². The molecule has 0 bridgehead atoms. The molecule has 1 aromatic carbocycles. The number of hydrogen-bond donors (Lipinski definition) is 2. The van der Waals surface area contributed by atoms with Gasteiger partial charge in [0.2, 0.25) is 0 Å². The van der Waals surface area contributed by atoms with Crippen molar-refractivity contribution in [3.8, 4) is 11.5 Å². The van der Waals surface area contributed by atoms with E-state index in [1.165, 1.54) is 19.6 Å². The Morgan fingerprint density at radius 2 is 2.08 bits per heavy atom. The van der Waals surface area contributed by atoms with Crippen LogP contribution in [-0.2, 0) is 4.79 Å². The summed E-state index contributed by atoms with van der Waals surface area (Å²) in [5.41, 5.74) is 3.54. The Hall–Kier alpha value is -3.29. The standard InChI is InChI=1S/C18H21N3O5/c1-4-19-17(22)11-26-15-6-5-13(9-16(15)24-3)10-20-21-18(23)14-7-8-25-12(14)2/h5-10H,4,11H2,1-3H3,(H,19,22)(H,21,23)/b20-10-. The van der Waals surface area contributed by atoms with Crippen LogP contribution in [0.4, 0.5) is 0 Å². The van der Waals surface area contributed by atoms with E-state index < -0.39 is 0 Å². The highest BCUT2D eigenvalue weighted by atomic mass is 16.5. The Kier molecular flexibility index (Phi) is 6.78. The maximum absolute atomic E-state index is 11.9. The molecule has 1 aromatic heterocycles. The van der Waals surface area contributed by atoms with E-state index in [2.05, 4.69) is 15.8 Å². The fraction of sp³-hybridized carbons (Fsp3) is 0.278. The maximum atomic E-state index is 11.9. The van der Waals surface area contributed by atoms with Crippen molar-refractivity contribution in [3.63, 3.8) is 0 Å². The lowest BCUT2D eigenvalue weighted by molar-refractivity contribution is -0.123. The number of rotatable bonds is 8. The number of hydrogen-bond acceptors (Lipinski definition) is 6. The molecule has 1 heterocycles. The number of benzene rings is 1. The second-order valence-corrected chi connectivity index (χ2v) is 5.24. The molecule has 0 fully saturated rings. The molecular weight excluding hydrogens is 338 g/mol. The van der Waals surface area contributed by atoms with E-state index in [9.17, 15) is 9.59 Å². The summed E-state index contributed by atoms with van der Waals surface area (Å²) in [7, 11) is 1.50. The monoisotopic (exact) mass is 359 g/mol. The van der Waals surface area contributed by atoms with E-state index in [1.807, 2.05) is 6.92 Å². The van der Waals surface area contributed by atoms with Crippen LogP contribution in [0.15, 0.2) is 40.0 Å². The smallest absolute Gasteiger partial charge is 0.274 e. The first kappa shape index (κ1) is 19.0. The number of nitrogens with one attached hydrogen (secondary N) is 2. The van der Waals surface area contributed by atoms with Crippen LogP contribution < -0.4 is 20.2 Å². The molecule has 0 saturated heterocycles. The van der Waals surface area contributed by atoms with Crippen molar-refractivity contribution in [1.82, 2.24) is 10.7 Å². The predicted octanol–water partition coefficient (Wildman–Crippen LogP) is 1.88. The molecule has 0 atom stereocenters. The van der Waals surface area contributed by atoms with Crippen molar-refractivity contribution in [2.24, 2.45) is 5.10 Å². The summed E-state index contributed by atoms with van der Waals surface area (Å²) in [5.74, 6) is 0.844. The molecule has 8 heteroatoms. The first-order valence-electron chi connectivity index (χ1n) is 8.00. The molecule has 26 heavy (non-hydrogen) atoms. The highest BCUT2D eigenvalue weighted by molar-refractivity contribution is 5.95. The van der Waals surface area contributed by atoms with Gasteiger partial charge in [-0.2, -0.15) is 5.10 Å². The van der Waals surface area contributed by atoms with Crippen molar-refractivity contribution >= 4 is 18.0 Å². The molecule has 0 aliphatic rings. The molecule has 0 aliphatic heterocycles. The van der Waals surface area contributed by atoms with Crippen molar-refractivity contribution < 1.29 is 23.5 Å². The number of ether oxygens (including phenoxy) is 2. The first-order valence-corrected chi connectivity index (χ1v) is 8.00. The molecule has 138 valence electrons. The molecule has 2 N–H and O–H groups in total. The third kappa shape index (κ3) is 5.10. The number of nitrogens with zero attached hydrogens (tertiary/aromatic N) is 1. The zero-order valence-electron chi connectivity index (χ0n) is 14.9. The quantitative estimate of drug-likeness (QED) is 0.553. The number of aryl methyl sites for hydroxylation is 1. The summed E-state index contributed by atoms with van der Waals surface area (Å²) in [5, 5.41) is 6.56. The van der Waals surface area contributed by atoms with Gasteiger partial charge < -0.3 is 19.2 Å². The molecular formula is C18H21N3O5. The molecule has 0 radical (unpaired) electrons. The van der Waals surface area contributed by atoms with E-state index in [4.69, 9.17) is 13.9 Å². The second kappa shape index (κ2) is 9.26. The number of methoxy groups -OCH3 is 1. The van der Waals surface area contributed by atoms with Crippen LogP contribution in [0, 0.1) is 6.92 Å². The average molecular weight is 359 g/mol. The van der Waals surface area contributed by atoms with Gasteiger partial charge in [-0.15, -0.1) is 0 Å². The summed E-state index contributed by atoms with van der Waals surface area (Å²) in [6, 6.07) is 6.66. The lowest BCUT2D eigenvalue weighted by Gasteiger charge is -2.11. The number of carbonyl (C=O) groups is 2. The third-order valence-corrected chi connectivity index (χ3v) is 3.40. The van der Waals surface area contributed by atoms with Crippen LogP contribution >= 0.6 is 0 Å². The normalized spacial score (nSPS) is 10.6. The molecule has 8 nitrogen and oxygen atoms in total. The Balaban J connectivity index is 1.98. The highest BCUT2D eigenvalue weighted by Gasteiger charge is 2.10. The van der Waals surface area contributed by atoms with Gasteiger partial charge >= 0.3 is 0 Å². The molecule has 2 amide bonds. The van der Waals surface area contributed by atoms with Crippen LogP contribution in [0.25, 0.3) is 0 Å². The molecule has 2 rings (SSSR count). The van der Waals surface area contributed by atoms with Gasteiger partial charge in [0.15, 0.2) is 18.1 Å². The fourth-order valence-corrected chi connectivity index (χ4v) is 2.12. The van der Waals surface area contributed by atoms with Gasteiger partial charge in [-0.05, 0) is 43.7 Å². The van der Waals surface area contributed by atoms with Gasteiger partial charge in [-0.25, -0.2) is 5.43 Å². The van der Waals surface area contributed by atoms with E-state index in [-0.39, 0.29) is 18.4 Å². The Morgan fingerprint density at radius 3 is 2.73 bits per heavy atom. The van der Waals surface area contributed by atoms with Gasteiger partial charge in [0.25, 0.3) is 11.8 Å². The summed E-state index contributed by atoms with van der Waals surface area (Å²) in [6.45, 7) is 3.97. The van der Waals surface area contributed by atoms with Gasteiger partial charge in [-0.3, -0.25) is 9.59 Å². The lowest BCUT2D eigenvalue weighted by atomic mass is 10.2. The van der Waals surface area contributed by atoms with Gasteiger partial charge in [0.1, 0.15) is 5.76 Å². The Morgan fingerprint density at radius 1 is 1.27 bits per heavy atom. The SMILES string of the molecule is CCNC(=O)COc1ccc(/C=N\NC(=O)c2ccoc2C)cc1OC. The minimum absolute atomic E-state index is 0.0995. The molecule has 0 aliphatic carbocycles. The van der Waals surface area contributed by atoms with E-state index in [0.29, 0.717) is 34.9 Å². The predicted molar refractivity (Wildman–Crippen MR) is 95.7 cm³/mol. The number of hydrazone groups is 1. The average Bonchev–Trinajstić information content (AvgIpc) is 3.06. The van der Waals surface area contributed by atoms with Crippen molar-refractivity contribution in [2.75, 3.05) is 20.3 Å². The maximum Gasteiger partial charge on any atom is 0.274 e. The number of likely N-dealkylation sites (N-methyl/N-ethyl adjacent to an activating group) is 1. The molecule has 0 saturated carbocycles. The van der Waals surface area contributed by atoms with Crippen LogP contribution in [-0.4, -0.2) is 38.3 Å².